The molecule has 1 heterocycles. The first-order valence-corrected chi connectivity index (χ1v) is 7.64. The van der Waals surface area contributed by atoms with E-state index in [1.54, 1.807) is 0 Å². The topological polar surface area (TPSA) is 72.6 Å². The molecule has 2 N–H and O–H groups in total. The molecule has 5 nitrogen and oxygen atoms in total. The number of hydrogen-bond donors (Lipinski definition) is 1. The molecule has 0 aromatic heterocycles. The molecule has 0 saturated carbocycles. The van der Waals surface area contributed by atoms with E-state index in [0.29, 0.717) is 13.0 Å². The Balaban J connectivity index is 0.00000220. The Bertz CT molecular complexity index is 554. The van der Waals surface area contributed by atoms with Gasteiger partial charge in [0.05, 0.1) is 4.90 Å². The van der Waals surface area contributed by atoms with E-state index < -0.39 is 16.6 Å². The van der Waals surface area contributed by atoms with Crippen LogP contribution < -0.4 is 10.5 Å². The fourth-order valence-electron chi connectivity index (χ4n) is 2.13. The number of benzene rings is 1. The van der Waals surface area contributed by atoms with Crippen molar-refractivity contribution >= 4 is 22.4 Å². The third-order valence-corrected chi connectivity index (χ3v) is 4.99. The second-order valence-corrected chi connectivity index (χ2v) is 6.55. The van der Waals surface area contributed by atoms with Gasteiger partial charge >= 0.3 is 6.61 Å². The molecule has 0 unspecified atom stereocenters. The van der Waals surface area contributed by atoms with E-state index in [-0.39, 0.29) is 35.6 Å². The van der Waals surface area contributed by atoms with Crippen molar-refractivity contribution in [2.45, 2.75) is 30.4 Å². The zero-order valence-corrected chi connectivity index (χ0v) is 12.7. The van der Waals surface area contributed by atoms with Gasteiger partial charge in [0.15, 0.2) is 0 Å². The Morgan fingerprint density at radius 2 is 1.90 bits per heavy atom. The Hall–Kier alpha value is -0.960. The fraction of sp³-hybridized carbons (Fsp3) is 0.500. The Labute approximate surface area is 128 Å². The van der Waals surface area contributed by atoms with Gasteiger partial charge < -0.3 is 10.5 Å². The molecule has 0 spiro atoms. The molecule has 1 fully saturated rings. The van der Waals surface area contributed by atoms with Crippen LogP contribution in [-0.2, 0) is 10.0 Å². The first-order valence-electron chi connectivity index (χ1n) is 6.20. The maximum Gasteiger partial charge on any atom is 0.387 e. The van der Waals surface area contributed by atoms with Crippen molar-refractivity contribution in [3.05, 3.63) is 24.3 Å². The minimum atomic E-state index is -3.63. The minimum Gasteiger partial charge on any atom is -0.435 e. The van der Waals surface area contributed by atoms with Crippen LogP contribution in [0.25, 0.3) is 0 Å². The maximum absolute atomic E-state index is 12.3. The van der Waals surface area contributed by atoms with Crippen LogP contribution in [0.1, 0.15) is 12.8 Å². The second kappa shape index (κ2) is 7.35. The van der Waals surface area contributed by atoms with Gasteiger partial charge in [-0.2, -0.15) is 13.1 Å². The molecule has 1 saturated heterocycles. The van der Waals surface area contributed by atoms with Crippen molar-refractivity contribution < 1.29 is 21.9 Å². The molecule has 0 aliphatic carbocycles. The lowest BCUT2D eigenvalue weighted by Crippen LogP contribution is -2.45. The fourth-order valence-corrected chi connectivity index (χ4v) is 3.67. The van der Waals surface area contributed by atoms with E-state index >= 15 is 0 Å². The van der Waals surface area contributed by atoms with Crippen LogP contribution in [-0.4, -0.2) is 38.5 Å². The summed E-state index contributed by atoms with van der Waals surface area (Å²) in [7, 11) is -3.63. The Kier molecular flexibility index (Phi) is 6.33. The first-order chi connectivity index (χ1) is 9.39. The molecule has 0 bridgehead atoms. The van der Waals surface area contributed by atoms with E-state index in [1.165, 1.54) is 28.6 Å². The quantitative estimate of drug-likeness (QED) is 0.906. The third-order valence-electron chi connectivity index (χ3n) is 3.11. The van der Waals surface area contributed by atoms with E-state index in [9.17, 15) is 17.2 Å². The van der Waals surface area contributed by atoms with Gasteiger partial charge in [-0.3, -0.25) is 0 Å². The van der Waals surface area contributed by atoms with Crippen molar-refractivity contribution in [3.8, 4) is 5.75 Å². The van der Waals surface area contributed by atoms with Crippen LogP contribution in [0.4, 0.5) is 8.78 Å². The van der Waals surface area contributed by atoms with Gasteiger partial charge in [0.1, 0.15) is 5.75 Å². The normalized spacial score (nSPS) is 20.1. The zero-order chi connectivity index (χ0) is 14.8. The summed E-state index contributed by atoms with van der Waals surface area (Å²) in [5.41, 5.74) is 5.77. The van der Waals surface area contributed by atoms with Crippen LogP contribution in [0.15, 0.2) is 29.2 Å². The Morgan fingerprint density at radius 1 is 1.29 bits per heavy atom. The van der Waals surface area contributed by atoms with E-state index in [0.717, 1.165) is 6.42 Å². The Morgan fingerprint density at radius 3 is 2.43 bits per heavy atom. The standard InChI is InChI=1S/C12H16F2N2O3S.ClH/c13-12(14)19-10-3-5-11(6-4-10)20(17,18)16-7-1-2-9(15)8-16;/h3-6,9,12H,1-2,7-8,15H2;1H/t9-;/m0./s1. The summed E-state index contributed by atoms with van der Waals surface area (Å²) in [5, 5.41) is 0. The average molecular weight is 343 g/mol. The van der Waals surface area contributed by atoms with Gasteiger partial charge in [0.25, 0.3) is 0 Å². The monoisotopic (exact) mass is 342 g/mol. The number of sulfonamides is 1. The molecule has 1 aliphatic heterocycles. The van der Waals surface area contributed by atoms with Crippen LogP contribution in [0, 0.1) is 0 Å². The minimum absolute atomic E-state index is 0. The molecular weight excluding hydrogens is 326 g/mol. The van der Waals surface area contributed by atoms with Gasteiger partial charge in [-0.25, -0.2) is 8.42 Å². The number of alkyl halides is 2. The van der Waals surface area contributed by atoms with Crippen molar-refractivity contribution in [3.63, 3.8) is 0 Å². The second-order valence-electron chi connectivity index (χ2n) is 4.62. The summed E-state index contributed by atoms with van der Waals surface area (Å²) in [4.78, 5) is 0.0493. The summed E-state index contributed by atoms with van der Waals surface area (Å²) in [6, 6.07) is 4.77. The van der Waals surface area contributed by atoms with Gasteiger partial charge in [-0.05, 0) is 37.1 Å². The molecule has 1 aromatic rings. The zero-order valence-electron chi connectivity index (χ0n) is 11.1. The van der Waals surface area contributed by atoms with E-state index in [1.807, 2.05) is 0 Å². The van der Waals surface area contributed by atoms with Crippen LogP contribution in [0.2, 0.25) is 0 Å². The molecule has 1 aliphatic rings. The lowest BCUT2D eigenvalue weighted by Gasteiger charge is -2.29. The predicted octanol–water partition coefficient (Wildman–Crippen LogP) is 1.82. The number of halogens is 3. The van der Waals surface area contributed by atoms with Crippen LogP contribution >= 0.6 is 12.4 Å². The van der Waals surface area contributed by atoms with E-state index in [2.05, 4.69) is 4.74 Å². The maximum atomic E-state index is 12.3. The molecule has 1 atom stereocenters. The summed E-state index contributed by atoms with van der Waals surface area (Å²) in [6.07, 6.45) is 1.51. The highest BCUT2D eigenvalue weighted by atomic mass is 35.5. The molecular formula is C12H17ClF2N2O3S. The van der Waals surface area contributed by atoms with Crippen LogP contribution in [0.3, 0.4) is 0 Å². The van der Waals surface area contributed by atoms with Crippen molar-refractivity contribution in [2.75, 3.05) is 13.1 Å². The first kappa shape index (κ1) is 18.1. The van der Waals surface area contributed by atoms with Crippen molar-refractivity contribution in [2.24, 2.45) is 5.73 Å². The summed E-state index contributed by atoms with van der Waals surface area (Å²) < 4.78 is 54.3. The summed E-state index contributed by atoms with van der Waals surface area (Å²) in [6.45, 7) is -2.24. The summed E-state index contributed by atoms with van der Waals surface area (Å²) in [5.74, 6) is -0.0747. The number of nitrogens with zero attached hydrogens (tertiary/aromatic N) is 1. The smallest absolute Gasteiger partial charge is 0.387 e. The number of piperidine rings is 1. The van der Waals surface area contributed by atoms with Crippen molar-refractivity contribution in [1.29, 1.82) is 0 Å². The van der Waals surface area contributed by atoms with Gasteiger partial charge in [-0.1, -0.05) is 0 Å². The van der Waals surface area contributed by atoms with Crippen LogP contribution in [0.5, 0.6) is 5.75 Å². The number of hydrogen-bond acceptors (Lipinski definition) is 4. The highest BCUT2D eigenvalue weighted by Gasteiger charge is 2.28. The van der Waals surface area contributed by atoms with Gasteiger partial charge in [-0.15, -0.1) is 12.4 Å². The summed E-state index contributed by atoms with van der Waals surface area (Å²) >= 11 is 0. The molecule has 1 aromatic carbocycles. The molecule has 120 valence electrons. The van der Waals surface area contributed by atoms with Crippen molar-refractivity contribution in [1.82, 2.24) is 4.31 Å². The average Bonchev–Trinajstić information content (AvgIpc) is 2.38. The molecule has 21 heavy (non-hydrogen) atoms. The number of nitrogens with two attached hydrogens (primary N) is 1. The largest absolute Gasteiger partial charge is 0.435 e. The van der Waals surface area contributed by atoms with Gasteiger partial charge in [0, 0.05) is 19.1 Å². The molecule has 2 rings (SSSR count). The molecule has 0 amide bonds. The third kappa shape index (κ3) is 4.50. The number of rotatable bonds is 4. The van der Waals surface area contributed by atoms with E-state index in [4.69, 9.17) is 5.73 Å². The molecule has 9 heteroatoms. The lowest BCUT2D eigenvalue weighted by atomic mass is 10.1. The SMILES string of the molecule is Cl.N[C@H]1CCCN(S(=O)(=O)c2ccc(OC(F)F)cc2)C1. The number of ether oxygens (including phenoxy) is 1. The van der Waals surface area contributed by atoms with Gasteiger partial charge in [0.2, 0.25) is 10.0 Å². The lowest BCUT2D eigenvalue weighted by molar-refractivity contribution is -0.0498. The predicted molar refractivity (Wildman–Crippen MR) is 76.3 cm³/mol. The highest BCUT2D eigenvalue weighted by Crippen LogP contribution is 2.23. The molecule has 0 radical (unpaired) electrons. The highest BCUT2D eigenvalue weighted by molar-refractivity contribution is 7.89.